The van der Waals surface area contributed by atoms with Gasteiger partial charge in [-0.05, 0) is 26.7 Å². The summed E-state index contributed by atoms with van der Waals surface area (Å²) in [6.45, 7) is 3.77. The molecule has 0 unspecified atom stereocenters. The number of carbonyl (C=O) groups excluding carboxylic acids is 1. The zero-order valence-corrected chi connectivity index (χ0v) is 12.6. The third kappa shape index (κ3) is 2.65. The maximum Gasteiger partial charge on any atom is 0.258 e. The van der Waals surface area contributed by atoms with Crippen molar-refractivity contribution >= 4 is 15.9 Å². The minimum atomic E-state index is -3.42. The summed E-state index contributed by atoms with van der Waals surface area (Å²) < 4.78 is 23.6. The lowest BCUT2D eigenvalue weighted by Crippen LogP contribution is -2.68. The molecule has 0 bridgehead atoms. The first-order chi connectivity index (χ1) is 8.87. The van der Waals surface area contributed by atoms with Crippen LogP contribution in [0, 0.1) is 0 Å². The van der Waals surface area contributed by atoms with Crippen LogP contribution in [0.25, 0.3) is 0 Å². The third-order valence-electron chi connectivity index (χ3n) is 4.28. The van der Waals surface area contributed by atoms with Crippen LogP contribution < -0.4 is 5.32 Å². The Hall–Kier alpha value is -0.620. The second-order valence-corrected chi connectivity index (χ2v) is 8.45. The molecule has 1 N–H and O–H groups in total. The van der Waals surface area contributed by atoms with Gasteiger partial charge >= 0.3 is 0 Å². The number of rotatable bonds is 4. The standard InChI is InChI=1S/C13H24N2O3S/c1-13(2)12(16)15(19(13,17)18)10-9-14-11-7-5-3-4-6-8-11/h11,14H,3-10H2,1-2H3. The van der Waals surface area contributed by atoms with Crippen LogP contribution in [0.1, 0.15) is 52.4 Å². The first kappa shape index (κ1) is 14.8. The van der Waals surface area contributed by atoms with E-state index in [0.29, 0.717) is 12.6 Å². The summed E-state index contributed by atoms with van der Waals surface area (Å²) in [4.78, 5) is 11.8. The van der Waals surface area contributed by atoms with Crippen molar-refractivity contribution in [1.82, 2.24) is 9.62 Å². The molecule has 0 aromatic heterocycles. The molecule has 2 fully saturated rings. The van der Waals surface area contributed by atoms with Crippen LogP contribution in [0.2, 0.25) is 0 Å². The van der Waals surface area contributed by atoms with Crippen LogP contribution in [0.3, 0.4) is 0 Å². The van der Waals surface area contributed by atoms with Crippen molar-refractivity contribution in [3.8, 4) is 0 Å². The van der Waals surface area contributed by atoms with Crippen LogP contribution in [-0.4, -0.2) is 42.5 Å². The first-order valence-corrected chi connectivity index (χ1v) is 8.61. The second kappa shape index (κ2) is 5.40. The Morgan fingerprint density at radius 3 is 2.32 bits per heavy atom. The fourth-order valence-electron chi connectivity index (χ4n) is 2.83. The van der Waals surface area contributed by atoms with E-state index in [-0.39, 0.29) is 12.5 Å². The van der Waals surface area contributed by atoms with Crippen molar-refractivity contribution < 1.29 is 13.2 Å². The van der Waals surface area contributed by atoms with Gasteiger partial charge in [-0.15, -0.1) is 0 Å². The lowest BCUT2D eigenvalue weighted by atomic mass is 10.1. The van der Waals surface area contributed by atoms with Crippen molar-refractivity contribution in [1.29, 1.82) is 0 Å². The van der Waals surface area contributed by atoms with Gasteiger partial charge in [-0.3, -0.25) is 4.79 Å². The van der Waals surface area contributed by atoms with E-state index in [1.54, 1.807) is 0 Å². The molecule has 1 aliphatic heterocycles. The molecule has 6 heteroatoms. The number of hydrogen-bond acceptors (Lipinski definition) is 4. The van der Waals surface area contributed by atoms with E-state index < -0.39 is 14.8 Å². The van der Waals surface area contributed by atoms with E-state index in [2.05, 4.69) is 5.32 Å². The molecule has 2 aliphatic rings. The molecule has 0 aromatic rings. The predicted octanol–water partition coefficient (Wildman–Crippen LogP) is 1.25. The second-order valence-electron chi connectivity index (χ2n) is 6.04. The molecule has 1 saturated heterocycles. The average Bonchev–Trinajstić information content (AvgIpc) is 2.62. The summed E-state index contributed by atoms with van der Waals surface area (Å²) in [5, 5.41) is 3.39. The molecule has 5 nitrogen and oxygen atoms in total. The van der Waals surface area contributed by atoms with Crippen molar-refractivity contribution in [2.24, 2.45) is 0 Å². The van der Waals surface area contributed by atoms with Crippen LogP contribution >= 0.6 is 0 Å². The van der Waals surface area contributed by atoms with E-state index in [1.807, 2.05) is 0 Å². The fourth-order valence-corrected chi connectivity index (χ4v) is 4.36. The molecule has 1 saturated carbocycles. The molecule has 19 heavy (non-hydrogen) atoms. The van der Waals surface area contributed by atoms with Crippen molar-refractivity contribution in [3.05, 3.63) is 0 Å². The Kier molecular flexibility index (Phi) is 4.20. The fraction of sp³-hybridized carbons (Fsp3) is 0.923. The highest BCUT2D eigenvalue weighted by Gasteiger charge is 2.59. The summed E-state index contributed by atoms with van der Waals surface area (Å²) in [5.41, 5.74) is 0. The number of nitrogens with one attached hydrogen (secondary N) is 1. The lowest BCUT2D eigenvalue weighted by molar-refractivity contribution is -0.132. The summed E-state index contributed by atoms with van der Waals surface area (Å²) in [6, 6.07) is 0.481. The van der Waals surface area contributed by atoms with E-state index in [9.17, 15) is 13.2 Å². The molecule has 1 heterocycles. The zero-order chi connectivity index (χ0) is 14.1. The highest BCUT2D eigenvalue weighted by molar-refractivity contribution is 7.94. The normalized spacial score (nSPS) is 26.8. The van der Waals surface area contributed by atoms with Gasteiger partial charge < -0.3 is 5.32 Å². The minimum Gasteiger partial charge on any atom is -0.312 e. The smallest absolute Gasteiger partial charge is 0.258 e. The quantitative estimate of drug-likeness (QED) is 0.791. The molecule has 0 atom stereocenters. The minimum absolute atomic E-state index is 0.265. The Balaban J connectivity index is 1.79. The molecule has 2 rings (SSSR count). The summed E-state index contributed by atoms with van der Waals surface area (Å²) in [6.07, 6.45) is 7.40. The Bertz CT molecular complexity index is 437. The van der Waals surface area contributed by atoms with Crippen LogP contribution in [0.4, 0.5) is 0 Å². The predicted molar refractivity (Wildman–Crippen MR) is 74.2 cm³/mol. The Labute approximate surface area is 115 Å². The van der Waals surface area contributed by atoms with Crippen LogP contribution in [0.15, 0.2) is 0 Å². The number of sulfonamides is 1. The number of hydrogen-bond donors (Lipinski definition) is 1. The first-order valence-electron chi connectivity index (χ1n) is 7.17. The van der Waals surface area contributed by atoms with E-state index in [4.69, 9.17) is 0 Å². The maximum absolute atomic E-state index is 11.9. The average molecular weight is 288 g/mol. The van der Waals surface area contributed by atoms with Crippen LogP contribution in [0.5, 0.6) is 0 Å². The molecule has 1 amide bonds. The SMILES string of the molecule is CC1(C)C(=O)N(CCNC2CCCCCC2)S1(=O)=O. The number of amides is 1. The molecular weight excluding hydrogens is 264 g/mol. The van der Waals surface area contributed by atoms with E-state index in [0.717, 1.165) is 17.1 Å². The Morgan fingerprint density at radius 1 is 1.21 bits per heavy atom. The summed E-state index contributed by atoms with van der Waals surface area (Å²) in [7, 11) is -3.42. The largest absolute Gasteiger partial charge is 0.312 e. The van der Waals surface area contributed by atoms with Crippen molar-refractivity contribution in [2.75, 3.05) is 13.1 Å². The molecular formula is C13H24N2O3S. The molecule has 0 aromatic carbocycles. The molecule has 1 aliphatic carbocycles. The Morgan fingerprint density at radius 2 is 1.79 bits per heavy atom. The summed E-state index contributed by atoms with van der Waals surface area (Å²) >= 11 is 0. The maximum atomic E-state index is 11.9. The van der Waals surface area contributed by atoms with Crippen molar-refractivity contribution in [2.45, 2.75) is 63.2 Å². The summed E-state index contributed by atoms with van der Waals surface area (Å²) in [5.74, 6) is -0.282. The number of nitrogens with zero attached hydrogens (tertiary/aromatic N) is 1. The molecule has 0 spiro atoms. The van der Waals surface area contributed by atoms with Crippen molar-refractivity contribution in [3.63, 3.8) is 0 Å². The van der Waals surface area contributed by atoms with Gasteiger partial charge in [0.15, 0.2) is 4.75 Å². The van der Waals surface area contributed by atoms with E-state index in [1.165, 1.54) is 39.5 Å². The van der Waals surface area contributed by atoms with Gasteiger partial charge in [0, 0.05) is 19.1 Å². The van der Waals surface area contributed by atoms with Gasteiger partial charge in [-0.25, -0.2) is 12.7 Å². The lowest BCUT2D eigenvalue weighted by Gasteiger charge is -2.43. The molecule has 110 valence electrons. The third-order valence-corrected chi connectivity index (χ3v) is 6.67. The highest BCUT2D eigenvalue weighted by Crippen LogP contribution is 2.34. The van der Waals surface area contributed by atoms with Gasteiger partial charge in [0.2, 0.25) is 0 Å². The topological polar surface area (TPSA) is 66.5 Å². The van der Waals surface area contributed by atoms with Gasteiger partial charge in [0.05, 0.1) is 0 Å². The monoisotopic (exact) mass is 288 g/mol. The zero-order valence-electron chi connectivity index (χ0n) is 11.8. The van der Waals surface area contributed by atoms with Gasteiger partial charge in [-0.1, -0.05) is 25.7 Å². The van der Waals surface area contributed by atoms with Gasteiger partial charge in [0.1, 0.15) is 0 Å². The van der Waals surface area contributed by atoms with Crippen LogP contribution in [-0.2, 0) is 14.8 Å². The van der Waals surface area contributed by atoms with E-state index >= 15 is 0 Å². The van der Waals surface area contributed by atoms with Gasteiger partial charge in [-0.2, -0.15) is 0 Å². The molecule has 0 radical (unpaired) electrons. The number of carbonyl (C=O) groups is 1. The highest BCUT2D eigenvalue weighted by atomic mass is 32.2. The van der Waals surface area contributed by atoms with Gasteiger partial charge in [0.25, 0.3) is 15.9 Å².